The van der Waals surface area contributed by atoms with E-state index in [1.54, 1.807) is 24.3 Å². The minimum atomic E-state index is -3.75. The number of hydrogen-bond acceptors (Lipinski definition) is 5. The van der Waals surface area contributed by atoms with Crippen LogP contribution in [0.3, 0.4) is 0 Å². The van der Waals surface area contributed by atoms with E-state index < -0.39 is 10.0 Å². The van der Waals surface area contributed by atoms with Crippen LogP contribution in [0.1, 0.15) is 12.5 Å². The lowest BCUT2D eigenvalue weighted by Gasteiger charge is -2.11. The molecule has 0 aromatic heterocycles. The van der Waals surface area contributed by atoms with Crippen molar-refractivity contribution in [2.24, 2.45) is 5.10 Å². The molecule has 0 saturated carbocycles. The van der Waals surface area contributed by atoms with E-state index in [4.69, 9.17) is 21.1 Å². The van der Waals surface area contributed by atoms with Crippen molar-refractivity contribution in [3.05, 3.63) is 51.5 Å². The van der Waals surface area contributed by atoms with Crippen LogP contribution in [0, 0.1) is 0 Å². The summed E-state index contributed by atoms with van der Waals surface area (Å²) in [5.41, 5.74) is 0.563. The summed E-state index contributed by atoms with van der Waals surface area (Å²) < 4.78 is 35.8. The molecule has 0 saturated heterocycles. The zero-order valence-corrected chi connectivity index (χ0v) is 16.7. The van der Waals surface area contributed by atoms with Crippen LogP contribution in [0.25, 0.3) is 0 Å². The highest BCUT2D eigenvalue weighted by atomic mass is 79.9. The maximum Gasteiger partial charge on any atom is 0.276 e. The Bertz CT molecular complexity index is 870. The minimum absolute atomic E-state index is 0.107. The molecule has 0 amide bonds. The maximum absolute atomic E-state index is 12.2. The van der Waals surface area contributed by atoms with Crippen LogP contribution in [0.2, 0.25) is 5.02 Å². The first kappa shape index (κ1) is 19.6. The van der Waals surface area contributed by atoms with Crippen molar-refractivity contribution in [3.8, 4) is 11.5 Å². The Morgan fingerprint density at radius 2 is 1.96 bits per heavy atom. The van der Waals surface area contributed by atoms with E-state index in [9.17, 15) is 8.42 Å². The summed E-state index contributed by atoms with van der Waals surface area (Å²) in [6.07, 6.45) is 1.34. The normalized spacial score (nSPS) is 11.5. The summed E-state index contributed by atoms with van der Waals surface area (Å²) in [6.45, 7) is 2.27. The summed E-state index contributed by atoms with van der Waals surface area (Å²) in [5, 5.41) is 4.12. The molecule has 0 aliphatic rings. The summed E-state index contributed by atoms with van der Waals surface area (Å²) in [4.78, 5) is 2.26. The summed E-state index contributed by atoms with van der Waals surface area (Å²) >= 11 is 9.39. The zero-order valence-electron chi connectivity index (χ0n) is 13.5. The second-order valence-electron chi connectivity index (χ2n) is 4.77. The molecule has 0 heterocycles. The molecule has 0 unspecified atom stereocenters. The first-order valence-corrected chi connectivity index (χ1v) is 9.83. The van der Waals surface area contributed by atoms with Gasteiger partial charge in [-0.2, -0.15) is 13.5 Å². The average molecular weight is 448 g/mol. The zero-order chi connectivity index (χ0) is 18.4. The minimum Gasteiger partial charge on any atom is -0.491 e. The van der Waals surface area contributed by atoms with Crippen LogP contribution < -0.4 is 14.3 Å². The smallest absolute Gasteiger partial charge is 0.276 e. The number of sulfonamides is 1. The molecule has 25 heavy (non-hydrogen) atoms. The van der Waals surface area contributed by atoms with Crippen molar-refractivity contribution in [1.29, 1.82) is 0 Å². The van der Waals surface area contributed by atoms with Crippen molar-refractivity contribution >= 4 is 43.8 Å². The number of ether oxygens (including phenoxy) is 2. The number of hydrazone groups is 1. The number of rotatable bonds is 7. The first-order valence-electron chi connectivity index (χ1n) is 7.18. The number of halogens is 2. The van der Waals surface area contributed by atoms with Gasteiger partial charge < -0.3 is 9.47 Å². The van der Waals surface area contributed by atoms with Crippen molar-refractivity contribution in [1.82, 2.24) is 4.83 Å². The predicted octanol–water partition coefficient (Wildman–Crippen LogP) is 3.82. The summed E-state index contributed by atoms with van der Waals surface area (Å²) in [7, 11) is -2.26. The van der Waals surface area contributed by atoms with Crippen LogP contribution in [0.15, 0.2) is 50.9 Å². The second kappa shape index (κ2) is 8.55. The van der Waals surface area contributed by atoms with Crippen molar-refractivity contribution in [3.63, 3.8) is 0 Å². The van der Waals surface area contributed by atoms with Crippen LogP contribution in [0.4, 0.5) is 0 Å². The number of nitrogens with zero attached hydrogens (tertiary/aromatic N) is 1. The van der Waals surface area contributed by atoms with Crippen molar-refractivity contribution < 1.29 is 17.9 Å². The predicted molar refractivity (Wildman–Crippen MR) is 101 cm³/mol. The van der Waals surface area contributed by atoms with E-state index in [2.05, 4.69) is 25.9 Å². The fraction of sp³-hybridized carbons (Fsp3) is 0.188. The Balaban J connectivity index is 2.20. The van der Waals surface area contributed by atoms with Gasteiger partial charge in [0.05, 0.1) is 29.8 Å². The van der Waals surface area contributed by atoms with E-state index >= 15 is 0 Å². The fourth-order valence-electron chi connectivity index (χ4n) is 1.96. The van der Waals surface area contributed by atoms with Gasteiger partial charge in [0.2, 0.25) is 0 Å². The molecule has 2 aromatic carbocycles. The molecule has 1 N–H and O–H groups in total. The van der Waals surface area contributed by atoms with Gasteiger partial charge in [-0.3, -0.25) is 0 Å². The van der Waals surface area contributed by atoms with Gasteiger partial charge in [-0.25, -0.2) is 4.83 Å². The number of methoxy groups -OCH3 is 1. The third-order valence-corrected chi connectivity index (χ3v) is 5.09. The molecule has 0 aliphatic heterocycles. The quantitative estimate of drug-likeness (QED) is 0.517. The molecule has 2 aromatic rings. The number of nitrogens with one attached hydrogen (secondary N) is 1. The molecule has 0 spiro atoms. The third-order valence-electron chi connectivity index (χ3n) is 3.05. The lowest BCUT2D eigenvalue weighted by Crippen LogP contribution is -2.18. The van der Waals surface area contributed by atoms with Gasteiger partial charge in [-0.1, -0.05) is 27.5 Å². The van der Waals surface area contributed by atoms with Gasteiger partial charge in [0.25, 0.3) is 10.0 Å². The second-order valence-corrected chi connectivity index (χ2v) is 7.76. The average Bonchev–Trinajstić information content (AvgIpc) is 2.55. The molecular formula is C16H16BrClN2O4S. The molecule has 9 heteroatoms. The van der Waals surface area contributed by atoms with Crippen LogP contribution in [-0.2, 0) is 10.0 Å². The standard InChI is InChI=1S/C16H16BrClN2O4S/c1-3-24-15-9-11(8-14(18)16(15)23-2)10-19-20-25(21,22)13-6-4-12(17)5-7-13/h4-10,20H,3H2,1-2H3/b19-10+. The van der Waals surface area contributed by atoms with Gasteiger partial charge in [0.15, 0.2) is 11.5 Å². The molecule has 2 rings (SSSR count). The van der Waals surface area contributed by atoms with Gasteiger partial charge in [-0.15, -0.1) is 0 Å². The van der Waals surface area contributed by atoms with Crippen LogP contribution in [-0.4, -0.2) is 28.3 Å². The molecule has 0 fully saturated rings. The maximum atomic E-state index is 12.2. The SMILES string of the molecule is CCOc1cc(/C=N/NS(=O)(=O)c2ccc(Br)cc2)cc(Cl)c1OC. The van der Waals surface area contributed by atoms with E-state index in [0.717, 1.165) is 4.47 Å². The topological polar surface area (TPSA) is 77.0 Å². The van der Waals surface area contributed by atoms with E-state index in [0.29, 0.717) is 28.7 Å². The van der Waals surface area contributed by atoms with Crippen molar-refractivity contribution in [2.75, 3.05) is 13.7 Å². The Morgan fingerprint density at radius 3 is 2.56 bits per heavy atom. The largest absolute Gasteiger partial charge is 0.491 e. The van der Waals surface area contributed by atoms with Gasteiger partial charge in [-0.05, 0) is 48.9 Å². The Morgan fingerprint density at radius 1 is 1.28 bits per heavy atom. The van der Waals surface area contributed by atoms with Gasteiger partial charge in [0, 0.05) is 4.47 Å². The number of benzene rings is 2. The van der Waals surface area contributed by atoms with Crippen molar-refractivity contribution in [2.45, 2.75) is 11.8 Å². The van der Waals surface area contributed by atoms with E-state index in [-0.39, 0.29) is 4.90 Å². The van der Waals surface area contributed by atoms with Crippen LogP contribution in [0.5, 0.6) is 11.5 Å². The fourth-order valence-corrected chi connectivity index (χ4v) is 3.31. The Labute approximate surface area is 160 Å². The highest BCUT2D eigenvalue weighted by Gasteiger charge is 2.13. The summed E-state index contributed by atoms with van der Waals surface area (Å²) in [6, 6.07) is 9.47. The third kappa shape index (κ3) is 5.10. The Kier molecular flexibility index (Phi) is 6.69. The van der Waals surface area contributed by atoms with E-state index in [1.807, 2.05) is 6.92 Å². The first-order chi connectivity index (χ1) is 11.9. The summed E-state index contributed by atoms with van der Waals surface area (Å²) in [5.74, 6) is 0.867. The molecule has 0 aliphatic carbocycles. The Hall–Kier alpha value is -1.77. The molecule has 0 radical (unpaired) electrons. The molecule has 6 nitrogen and oxygen atoms in total. The van der Waals surface area contributed by atoms with Gasteiger partial charge in [0.1, 0.15) is 0 Å². The van der Waals surface area contributed by atoms with Gasteiger partial charge >= 0.3 is 0 Å². The lowest BCUT2D eigenvalue weighted by molar-refractivity contribution is 0.311. The monoisotopic (exact) mass is 446 g/mol. The highest BCUT2D eigenvalue weighted by Crippen LogP contribution is 2.35. The number of hydrogen-bond donors (Lipinski definition) is 1. The highest BCUT2D eigenvalue weighted by molar-refractivity contribution is 9.10. The molecular weight excluding hydrogens is 432 g/mol. The molecule has 0 bridgehead atoms. The van der Waals surface area contributed by atoms with Crippen LogP contribution >= 0.6 is 27.5 Å². The molecule has 134 valence electrons. The van der Waals surface area contributed by atoms with E-state index in [1.165, 1.54) is 25.5 Å². The lowest BCUT2D eigenvalue weighted by atomic mass is 10.2. The molecule has 0 atom stereocenters.